The van der Waals surface area contributed by atoms with Gasteiger partial charge in [-0.05, 0) is 45.2 Å². The molecule has 0 atom stereocenters. The Hall–Kier alpha value is -2.89. The van der Waals surface area contributed by atoms with E-state index in [-0.39, 0.29) is 0 Å². The van der Waals surface area contributed by atoms with Crippen LogP contribution in [0.15, 0.2) is 24.3 Å². The molecule has 0 spiro atoms. The normalized spacial score (nSPS) is 13.9. The average Bonchev–Trinajstić information content (AvgIpc) is 3.38. The number of para-hydroxylation sites is 2. The van der Waals surface area contributed by atoms with Crippen molar-refractivity contribution in [3.8, 4) is 11.4 Å². The van der Waals surface area contributed by atoms with Crippen LogP contribution in [0.3, 0.4) is 0 Å². The first-order valence-corrected chi connectivity index (χ1v) is 10.6. The Bertz CT molecular complexity index is 1230. The summed E-state index contributed by atoms with van der Waals surface area (Å²) in [4.78, 5) is 12.5. The van der Waals surface area contributed by atoms with E-state index in [2.05, 4.69) is 66.9 Å². The molecule has 1 aromatic carbocycles. The summed E-state index contributed by atoms with van der Waals surface area (Å²) in [6.07, 6.45) is 3.31. The number of fused-ring (bicyclic) bond motifs is 4. The minimum absolute atomic E-state index is 0.532. The smallest absolute Gasteiger partial charge is 0.168 e. The summed E-state index contributed by atoms with van der Waals surface area (Å²) in [5.41, 5.74) is 7.49. The molecule has 6 nitrogen and oxygen atoms in total. The first-order chi connectivity index (χ1) is 14.0. The standard InChI is InChI=1S/C23H28N6/c1-6-16(7-2)28-13-12-17-14(3)24-22-20(15(4)26-29(22)23(17)28)21-25-18-10-8-9-11-19(18)27(21)5/h8-11,16H,6-7,12-13H2,1-5H3. The molecule has 0 radical (unpaired) electrons. The number of aryl methyl sites for hydroxylation is 3. The number of hydrogen-bond acceptors (Lipinski definition) is 4. The Morgan fingerprint density at radius 2 is 1.79 bits per heavy atom. The molecular weight excluding hydrogens is 360 g/mol. The van der Waals surface area contributed by atoms with E-state index in [0.29, 0.717) is 6.04 Å². The van der Waals surface area contributed by atoms with Gasteiger partial charge in [0.25, 0.3) is 0 Å². The second-order valence-corrected chi connectivity index (χ2v) is 8.09. The lowest BCUT2D eigenvalue weighted by Gasteiger charge is -2.28. The van der Waals surface area contributed by atoms with Crippen LogP contribution < -0.4 is 4.90 Å². The maximum atomic E-state index is 5.02. The molecule has 0 aliphatic carbocycles. The predicted octanol–water partition coefficient (Wildman–Crippen LogP) is 4.45. The summed E-state index contributed by atoms with van der Waals surface area (Å²) in [5, 5.41) is 4.97. The summed E-state index contributed by atoms with van der Waals surface area (Å²) in [6, 6.07) is 8.79. The Labute approximate surface area is 171 Å². The molecule has 0 saturated heterocycles. The van der Waals surface area contributed by atoms with E-state index in [1.165, 1.54) is 11.4 Å². The third kappa shape index (κ3) is 2.51. The lowest BCUT2D eigenvalue weighted by molar-refractivity contribution is 0.563. The first-order valence-electron chi connectivity index (χ1n) is 10.6. The Balaban J connectivity index is 1.79. The molecule has 0 unspecified atom stereocenters. The van der Waals surface area contributed by atoms with Crippen molar-refractivity contribution in [2.75, 3.05) is 11.4 Å². The molecule has 0 amide bonds. The van der Waals surface area contributed by atoms with E-state index in [1.807, 2.05) is 6.07 Å². The number of hydrogen-bond donors (Lipinski definition) is 0. The van der Waals surface area contributed by atoms with Crippen LogP contribution in [0.5, 0.6) is 0 Å². The zero-order chi connectivity index (χ0) is 20.3. The first kappa shape index (κ1) is 18.2. The Kier molecular flexibility index (Phi) is 4.12. The lowest BCUT2D eigenvalue weighted by Crippen LogP contribution is -2.34. The summed E-state index contributed by atoms with van der Waals surface area (Å²) in [7, 11) is 2.07. The molecule has 3 aromatic heterocycles. The molecule has 0 fully saturated rings. The van der Waals surface area contributed by atoms with E-state index in [4.69, 9.17) is 15.1 Å². The van der Waals surface area contributed by atoms with Gasteiger partial charge in [-0.2, -0.15) is 9.61 Å². The minimum atomic E-state index is 0.532. The van der Waals surface area contributed by atoms with Crippen molar-refractivity contribution in [3.63, 3.8) is 0 Å². The van der Waals surface area contributed by atoms with Gasteiger partial charge in [0.05, 0.1) is 22.3 Å². The van der Waals surface area contributed by atoms with Crippen LogP contribution in [0.25, 0.3) is 28.1 Å². The van der Waals surface area contributed by atoms with Crippen LogP contribution in [-0.2, 0) is 13.5 Å². The van der Waals surface area contributed by atoms with Crippen LogP contribution in [0.1, 0.15) is 43.6 Å². The predicted molar refractivity (Wildman–Crippen MR) is 118 cm³/mol. The molecule has 4 heterocycles. The van der Waals surface area contributed by atoms with Gasteiger partial charge in [0, 0.05) is 30.9 Å². The number of benzene rings is 1. The van der Waals surface area contributed by atoms with Gasteiger partial charge in [-0.3, -0.25) is 0 Å². The van der Waals surface area contributed by atoms with Crippen LogP contribution in [0.4, 0.5) is 5.82 Å². The molecule has 29 heavy (non-hydrogen) atoms. The van der Waals surface area contributed by atoms with Crippen LogP contribution in [0.2, 0.25) is 0 Å². The van der Waals surface area contributed by atoms with Gasteiger partial charge in [-0.15, -0.1) is 0 Å². The van der Waals surface area contributed by atoms with Crippen molar-refractivity contribution in [2.45, 2.75) is 53.0 Å². The second kappa shape index (κ2) is 6.58. The highest BCUT2D eigenvalue weighted by molar-refractivity contribution is 5.86. The van der Waals surface area contributed by atoms with Crippen molar-refractivity contribution in [3.05, 3.63) is 41.2 Å². The number of nitrogens with zero attached hydrogens (tertiary/aromatic N) is 6. The van der Waals surface area contributed by atoms with E-state index in [1.54, 1.807) is 0 Å². The van der Waals surface area contributed by atoms with Crippen molar-refractivity contribution in [2.24, 2.45) is 7.05 Å². The van der Waals surface area contributed by atoms with Gasteiger partial charge in [-0.25, -0.2) is 9.97 Å². The Morgan fingerprint density at radius 3 is 2.52 bits per heavy atom. The zero-order valence-electron chi connectivity index (χ0n) is 17.9. The third-order valence-corrected chi connectivity index (χ3v) is 6.49. The Morgan fingerprint density at radius 1 is 1.03 bits per heavy atom. The van der Waals surface area contributed by atoms with Gasteiger partial charge in [0.15, 0.2) is 5.65 Å². The fourth-order valence-electron chi connectivity index (χ4n) is 4.92. The fraction of sp³-hybridized carbons (Fsp3) is 0.435. The topological polar surface area (TPSA) is 51.2 Å². The van der Waals surface area contributed by atoms with E-state index in [9.17, 15) is 0 Å². The molecule has 0 N–H and O–H groups in total. The maximum absolute atomic E-state index is 5.02. The number of rotatable bonds is 4. The second-order valence-electron chi connectivity index (χ2n) is 8.09. The molecule has 1 aliphatic rings. The molecule has 5 rings (SSSR count). The van der Waals surface area contributed by atoms with E-state index in [0.717, 1.165) is 65.3 Å². The third-order valence-electron chi connectivity index (χ3n) is 6.49. The maximum Gasteiger partial charge on any atom is 0.168 e. The molecule has 150 valence electrons. The molecule has 1 aliphatic heterocycles. The van der Waals surface area contributed by atoms with Crippen LogP contribution in [-0.4, -0.2) is 36.7 Å². The van der Waals surface area contributed by atoms with Gasteiger partial charge < -0.3 is 9.47 Å². The highest BCUT2D eigenvalue weighted by atomic mass is 15.4. The minimum Gasteiger partial charge on any atom is -0.353 e. The fourth-order valence-corrected chi connectivity index (χ4v) is 4.92. The van der Waals surface area contributed by atoms with E-state index < -0.39 is 0 Å². The highest BCUT2D eigenvalue weighted by Crippen LogP contribution is 2.37. The van der Waals surface area contributed by atoms with Gasteiger partial charge in [0.1, 0.15) is 11.6 Å². The molecular formula is C23H28N6. The van der Waals surface area contributed by atoms with Crippen molar-refractivity contribution in [1.29, 1.82) is 0 Å². The number of aromatic nitrogens is 5. The molecule has 0 saturated carbocycles. The number of imidazole rings is 1. The van der Waals surface area contributed by atoms with Crippen molar-refractivity contribution < 1.29 is 0 Å². The molecule has 4 aromatic rings. The molecule has 0 bridgehead atoms. The highest BCUT2D eigenvalue weighted by Gasteiger charge is 2.31. The summed E-state index contributed by atoms with van der Waals surface area (Å²) in [5.74, 6) is 2.16. The van der Waals surface area contributed by atoms with Gasteiger partial charge >= 0.3 is 0 Å². The van der Waals surface area contributed by atoms with Gasteiger partial charge in [0.2, 0.25) is 0 Å². The SMILES string of the molecule is CCC(CC)N1CCc2c(C)nc3c(-c4nc5ccccc5n4C)c(C)nn3c21. The molecule has 6 heteroatoms. The van der Waals surface area contributed by atoms with Crippen molar-refractivity contribution in [1.82, 2.24) is 24.1 Å². The largest absolute Gasteiger partial charge is 0.353 e. The zero-order valence-corrected chi connectivity index (χ0v) is 17.9. The quantitative estimate of drug-likeness (QED) is 0.518. The average molecular weight is 389 g/mol. The van der Waals surface area contributed by atoms with Crippen LogP contribution in [0, 0.1) is 13.8 Å². The summed E-state index contributed by atoms with van der Waals surface area (Å²) in [6.45, 7) is 9.80. The lowest BCUT2D eigenvalue weighted by atomic mass is 10.1. The van der Waals surface area contributed by atoms with Gasteiger partial charge in [-0.1, -0.05) is 26.0 Å². The monoisotopic (exact) mass is 388 g/mol. The van der Waals surface area contributed by atoms with Crippen LogP contribution >= 0.6 is 0 Å². The van der Waals surface area contributed by atoms with Crippen molar-refractivity contribution >= 4 is 22.5 Å². The summed E-state index contributed by atoms with van der Waals surface area (Å²) >= 11 is 0. The summed E-state index contributed by atoms with van der Waals surface area (Å²) < 4.78 is 4.24. The van der Waals surface area contributed by atoms with E-state index >= 15 is 0 Å². The number of anilines is 1.